The quantitative estimate of drug-likeness (QED) is 0.430. The first-order chi connectivity index (χ1) is 12.1. The molecule has 1 aromatic heterocycles. The lowest BCUT2D eigenvalue weighted by Gasteiger charge is -2.39. The van der Waals surface area contributed by atoms with Crippen LogP contribution in [0.2, 0.25) is 0 Å². The van der Waals surface area contributed by atoms with Crippen LogP contribution < -0.4 is 10.6 Å². The van der Waals surface area contributed by atoms with E-state index in [4.69, 9.17) is 0 Å². The smallest absolute Gasteiger partial charge is 0.191 e. The van der Waals surface area contributed by atoms with Gasteiger partial charge in [0.2, 0.25) is 0 Å². The third kappa shape index (κ3) is 6.69. The molecule has 0 spiro atoms. The highest BCUT2D eigenvalue weighted by atomic mass is 15.3. The lowest BCUT2D eigenvalue weighted by Crippen LogP contribution is -2.51. The highest BCUT2D eigenvalue weighted by Crippen LogP contribution is 2.20. The minimum atomic E-state index is 0.565. The molecule has 0 radical (unpaired) electrons. The monoisotopic (exact) mass is 348 g/mol. The van der Waals surface area contributed by atoms with Gasteiger partial charge < -0.3 is 10.6 Å². The lowest BCUT2D eigenvalue weighted by atomic mass is 9.94. The number of aryl methyl sites for hydroxylation is 1. The topological polar surface area (TPSA) is 57.5 Å². The second-order valence-corrected chi connectivity index (χ2v) is 7.53. The minimum absolute atomic E-state index is 0.565. The molecular weight excluding hydrogens is 312 g/mol. The summed E-state index contributed by atoms with van der Waals surface area (Å²) in [4.78, 5) is 7.02. The largest absolute Gasteiger partial charge is 0.356 e. The zero-order valence-corrected chi connectivity index (χ0v) is 16.4. The summed E-state index contributed by atoms with van der Waals surface area (Å²) in [6.07, 6.45) is 7.49. The van der Waals surface area contributed by atoms with Gasteiger partial charge in [-0.05, 0) is 50.3 Å². The van der Waals surface area contributed by atoms with Crippen LogP contribution in [0.25, 0.3) is 0 Å². The predicted molar refractivity (Wildman–Crippen MR) is 105 cm³/mol. The fourth-order valence-corrected chi connectivity index (χ4v) is 3.45. The van der Waals surface area contributed by atoms with Crippen molar-refractivity contribution in [3.63, 3.8) is 0 Å². The maximum Gasteiger partial charge on any atom is 0.191 e. The number of rotatable bonds is 8. The molecule has 1 fully saturated rings. The first kappa shape index (κ1) is 19.8. The van der Waals surface area contributed by atoms with E-state index in [1.165, 1.54) is 25.9 Å². The van der Waals surface area contributed by atoms with Crippen molar-refractivity contribution in [3.05, 3.63) is 18.5 Å². The molecule has 142 valence electrons. The second kappa shape index (κ2) is 10.4. The molecule has 1 unspecified atom stereocenters. The van der Waals surface area contributed by atoms with Gasteiger partial charge in [0.25, 0.3) is 0 Å². The van der Waals surface area contributed by atoms with E-state index in [0.717, 1.165) is 37.9 Å². The van der Waals surface area contributed by atoms with Crippen LogP contribution in [-0.2, 0) is 6.54 Å². The van der Waals surface area contributed by atoms with Gasteiger partial charge in [0, 0.05) is 45.1 Å². The maximum absolute atomic E-state index is 4.36. The van der Waals surface area contributed by atoms with Gasteiger partial charge in [0.05, 0.1) is 0 Å². The number of hydrogen-bond acceptors (Lipinski definition) is 3. The van der Waals surface area contributed by atoms with E-state index in [1.807, 2.05) is 30.2 Å². The molecule has 1 aliphatic rings. The van der Waals surface area contributed by atoms with E-state index < -0.39 is 0 Å². The third-order valence-electron chi connectivity index (χ3n) is 5.17. The van der Waals surface area contributed by atoms with E-state index in [9.17, 15) is 0 Å². The Morgan fingerprint density at radius 1 is 1.28 bits per heavy atom. The van der Waals surface area contributed by atoms with Gasteiger partial charge in [-0.25, -0.2) is 0 Å². The van der Waals surface area contributed by atoms with Crippen molar-refractivity contribution in [3.8, 4) is 0 Å². The molecule has 2 N–H and O–H groups in total. The van der Waals surface area contributed by atoms with Crippen LogP contribution >= 0.6 is 0 Å². The van der Waals surface area contributed by atoms with Crippen LogP contribution in [-0.4, -0.2) is 59.9 Å². The Balaban J connectivity index is 1.71. The molecule has 1 aliphatic heterocycles. The zero-order valence-electron chi connectivity index (χ0n) is 16.4. The van der Waals surface area contributed by atoms with Gasteiger partial charge in [0.1, 0.15) is 0 Å². The average molecular weight is 349 g/mol. The second-order valence-electron chi connectivity index (χ2n) is 7.53. The van der Waals surface area contributed by atoms with Crippen LogP contribution in [0.3, 0.4) is 0 Å². The number of nitrogens with one attached hydrogen (secondary N) is 2. The summed E-state index contributed by atoms with van der Waals surface area (Å²) in [5.74, 6) is 2.41. The van der Waals surface area contributed by atoms with Crippen molar-refractivity contribution in [2.24, 2.45) is 16.8 Å². The Morgan fingerprint density at radius 2 is 2.04 bits per heavy atom. The molecule has 25 heavy (non-hydrogen) atoms. The molecule has 6 heteroatoms. The average Bonchev–Trinajstić information content (AvgIpc) is 3.11. The molecule has 2 heterocycles. The normalized spacial score (nSPS) is 18.5. The maximum atomic E-state index is 4.36. The van der Waals surface area contributed by atoms with Crippen molar-refractivity contribution in [2.75, 3.05) is 33.2 Å². The van der Waals surface area contributed by atoms with Crippen LogP contribution in [0.1, 0.15) is 40.0 Å². The van der Waals surface area contributed by atoms with E-state index in [1.54, 1.807) is 0 Å². The number of aliphatic imine (C=N–C) groups is 1. The first-order valence-corrected chi connectivity index (χ1v) is 9.76. The van der Waals surface area contributed by atoms with E-state index in [-0.39, 0.29) is 0 Å². The molecule has 0 bridgehead atoms. The molecule has 0 aromatic carbocycles. The van der Waals surface area contributed by atoms with Gasteiger partial charge in [-0.15, -0.1) is 0 Å². The van der Waals surface area contributed by atoms with Crippen molar-refractivity contribution in [1.82, 2.24) is 25.3 Å². The molecule has 1 aromatic rings. The molecule has 2 rings (SSSR count). The van der Waals surface area contributed by atoms with Gasteiger partial charge in [-0.1, -0.05) is 20.8 Å². The molecule has 6 nitrogen and oxygen atoms in total. The molecule has 0 saturated carbocycles. The van der Waals surface area contributed by atoms with Gasteiger partial charge >= 0.3 is 0 Å². The third-order valence-corrected chi connectivity index (χ3v) is 5.17. The number of aromatic nitrogens is 2. The van der Waals surface area contributed by atoms with Crippen molar-refractivity contribution in [1.29, 1.82) is 0 Å². The predicted octanol–water partition coefficient (Wildman–Crippen LogP) is 2.19. The summed E-state index contributed by atoms with van der Waals surface area (Å²) in [7, 11) is 1.84. The summed E-state index contributed by atoms with van der Waals surface area (Å²) >= 11 is 0. The Kier molecular flexibility index (Phi) is 8.25. The fourth-order valence-electron chi connectivity index (χ4n) is 3.45. The Morgan fingerprint density at radius 3 is 2.64 bits per heavy atom. The van der Waals surface area contributed by atoms with E-state index in [2.05, 4.69) is 46.4 Å². The Hall–Kier alpha value is -1.56. The van der Waals surface area contributed by atoms with Crippen LogP contribution in [0.5, 0.6) is 0 Å². The summed E-state index contributed by atoms with van der Waals surface area (Å²) in [6, 6.07) is 2.52. The summed E-state index contributed by atoms with van der Waals surface area (Å²) in [5, 5.41) is 11.2. The molecule has 0 amide bonds. The van der Waals surface area contributed by atoms with Crippen LogP contribution in [0.4, 0.5) is 0 Å². The highest BCUT2D eigenvalue weighted by molar-refractivity contribution is 5.79. The Bertz CT molecular complexity index is 488. The summed E-state index contributed by atoms with van der Waals surface area (Å²) in [5.41, 5.74) is 0. The molecule has 0 aliphatic carbocycles. The number of nitrogens with zero attached hydrogens (tertiary/aromatic N) is 4. The molecular formula is C19H36N6. The van der Waals surface area contributed by atoms with Crippen molar-refractivity contribution in [2.45, 2.75) is 52.6 Å². The van der Waals surface area contributed by atoms with Gasteiger partial charge in [-0.3, -0.25) is 14.6 Å². The van der Waals surface area contributed by atoms with E-state index in [0.29, 0.717) is 12.0 Å². The van der Waals surface area contributed by atoms with Crippen molar-refractivity contribution < 1.29 is 0 Å². The number of hydrogen-bond donors (Lipinski definition) is 2. The SMILES string of the molecule is CN=C(NCCCn1cccn1)NCC(C(C)C)N1CCC(C)CC1. The molecule has 1 atom stereocenters. The lowest BCUT2D eigenvalue weighted by molar-refractivity contribution is 0.110. The van der Waals surface area contributed by atoms with Crippen LogP contribution in [0, 0.1) is 11.8 Å². The van der Waals surface area contributed by atoms with Crippen LogP contribution in [0.15, 0.2) is 23.5 Å². The van der Waals surface area contributed by atoms with E-state index >= 15 is 0 Å². The summed E-state index contributed by atoms with van der Waals surface area (Å²) in [6.45, 7) is 12.2. The first-order valence-electron chi connectivity index (χ1n) is 9.76. The van der Waals surface area contributed by atoms with Gasteiger partial charge in [-0.2, -0.15) is 5.10 Å². The minimum Gasteiger partial charge on any atom is -0.356 e. The Labute approximate surface area is 153 Å². The summed E-state index contributed by atoms with van der Waals surface area (Å²) < 4.78 is 1.96. The fraction of sp³-hybridized carbons (Fsp3) is 0.789. The zero-order chi connectivity index (χ0) is 18.1. The number of likely N-dealkylation sites (tertiary alicyclic amines) is 1. The number of guanidine groups is 1. The number of piperidine rings is 1. The standard InChI is InChI=1S/C19H36N6/c1-16(2)18(24-13-7-17(3)8-14-24)15-22-19(20-4)21-9-5-11-25-12-6-10-23-25/h6,10,12,16-18H,5,7-9,11,13-15H2,1-4H3,(H2,20,21,22). The highest BCUT2D eigenvalue weighted by Gasteiger charge is 2.25. The molecule has 1 saturated heterocycles. The van der Waals surface area contributed by atoms with Crippen molar-refractivity contribution >= 4 is 5.96 Å². The van der Waals surface area contributed by atoms with Gasteiger partial charge in [0.15, 0.2) is 5.96 Å².